The Balaban J connectivity index is 2.22. The highest BCUT2D eigenvalue weighted by Gasteiger charge is 2.05. The molecule has 3 aromatic rings. The van der Waals surface area contributed by atoms with Gasteiger partial charge in [-0.05, 0) is 24.3 Å². The number of halogens is 1. The maximum Gasteiger partial charge on any atom is 0.137 e. The number of hydrogen-bond acceptors (Lipinski definition) is 1. The SMILES string of the molecule is Clc1ccccc1-c1ccc2cc[nH]c2n1. The third kappa shape index (κ3) is 1.48. The highest BCUT2D eigenvalue weighted by atomic mass is 35.5. The van der Waals surface area contributed by atoms with Gasteiger partial charge in [0.25, 0.3) is 0 Å². The van der Waals surface area contributed by atoms with Gasteiger partial charge in [0.2, 0.25) is 0 Å². The first kappa shape index (κ1) is 9.43. The zero-order valence-electron chi connectivity index (χ0n) is 8.44. The lowest BCUT2D eigenvalue weighted by Crippen LogP contribution is -1.85. The molecule has 2 nitrogen and oxygen atoms in total. The van der Waals surface area contributed by atoms with E-state index in [4.69, 9.17) is 11.6 Å². The molecule has 0 amide bonds. The Morgan fingerprint density at radius 3 is 2.75 bits per heavy atom. The van der Waals surface area contributed by atoms with Crippen molar-refractivity contribution >= 4 is 22.6 Å². The lowest BCUT2D eigenvalue weighted by atomic mass is 10.1. The molecule has 3 rings (SSSR count). The van der Waals surface area contributed by atoms with Crippen LogP contribution in [0.5, 0.6) is 0 Å². The van der Waals surface area contributed by atoms with Crippen LogP contribution in [0.2, 0.25) is 5.02 Å². The molecule has 2 aromatic heterocycles. The average Bonchev–Trinajstić information content (AvgIpc) is 2.76. The fraction of sp³-hybridized carbons (Fsp3) is 0. The highest BCUT2D eigenvalue weighted by Crippen LogP contribution is 2.27. The van der Waals surface area contributed by atoms with Crippen LogP contribution < -0.4 is 0 Å². The standard InChI is InChI=1S/C13H9ClN2/c14-11-4-2-1-3-10(11)12-6-5-9-7-8-15-13(9)16-12/h1-8H,(H,15,16). The number of aromatic amines is 1. The van der Waals surface area contributed by atoms with Crippen molar-refractivity contribution in [3.8, 4) is 11.3 Å². The van der Waals surface area contributed by atoms with E-state index in [1.807, 2.05) is 48.7 Å². The van der Waals surface area contributed by atoms with E-state index in [9.17, 15) is 0 Å². The molecule has 0 saturated carbocycles. The number of hydrogen-bond donors (Lipinski definition) is 1. The quantitative estimate of drug-likeness (QED) is 0.673. The molecule has 1 N–H and O–H groups in total. The first-order valence-electron chi connectivity index (χ1n) is 5.03. The molecule has 0 bridgehead atoms. The van der Waals surface area contributed by atoms with Crippen LogP contribution in [0.1, 0.15) is 0 Å². The topological polar surface area (TPSA) is 28.7 Å². The number of aromatic nitrogens is 2. The summed E-state index contributed by atoms with van der Waals surface area (Å²) < 4.78 is 0. The zero-order chi connectivity index (χ0) is 11.0. The van der Waals surface area contributed by atoms with E-state index in [0.717, 1.165) is 27.3 Å². The van der Waals surface area contributed by atoms with Crippen LogP contribution in [0.15, 0.2) is 48.7 Å². The van der Waals surface area contributed by atoms with E-state index in [0.29, 0.717) is 0 Å². The van der Waals surface area contributed by atoms with E-state index in [1.54, 1.807) is 0 Å². The van der Waals surface area contributed by atoms with Gasteiger partial charge in [0.05, 0.1) is 5.69 Å². The van der Waals surface area contributed by atoms with Crippen LogP contribution in [-0.2, 0) is 0 Å². The van der Waals surface area contributed by atoms with Crippen molar-refractivity contribution in [3.05, 3.63) is 53.7 Å². The lowest BCUT2D eigenvalue weighted by molar-refractivity contribution is 1.32. The average molecular weight is 229 g/mol. The van der Waals surface area contributed by atoms with Crippen LogP contribution in [0.25, 0.3) is 22.3 Å². The van der Waals surface area contributed by atoms with Crippen molar-refractivity contribution in [2.75, 3.05) is 0 Å². The minimum atomic E-state index is 0.723. The first-order chi connectivity index (χ1) is 7.84. The molecule has 78 valence electrons. The van der Waals surface area contributed by atoms with Gasteiger partial charge in [-0.25, -0.2) is 4.98 Å². The number of fused-ring (bicyclic) bond motifs is 1. The van der Waals surface area contributed by atoms with Gasteiger partial charge in [-0.1, -0.05) is 29.8 Å². The molecule has 0 aliphatic heterocycles. The molecule has 3 heteroatoms. The first-order valence-corrected chi connectivity index (χ1v) is 5.41. The zero-order valence-corrected chi connectivity index (χ0v) is 9.20. The highest BCUT2D eigenvalue weighted by molar-refractivity contribution is 6.33. The molecule has 0 saturated heterocycles. The maximum atomic E-state index is 6.13. The molecular weight excluding hydrogens is 220 g/mol. The van der Waals surface area contributed by atoms with Gasteiger partial charge in [0.1, 0.15) is 5.65 Å². The summed E-state index contributed by atoms with van der Waals surface area (Å²) in [6, 6.07) is 13.7. The molecule has 0 atom stereocenters. The second kappa shape index (κ2) is 3.65. The monoisotopic (exact) mass is 228 g/mol. The van der Waals surface area contributed by atoms with Gasteiger partial charge in [0, 0.05) is 22.2 Å². The minimum absolute atomic E-state index is 0.723. The number of rotatable bonds is 1. The largest absolute Gasteiger partial charge is 0.346 e. The molecule has 16 heavy (non-hydrogen) atoms. The molecule has 2 heterocycles. The lowest BCUT2D eigenvalue weighted by Gasteiger charge is -2.02. The Morgan fingerprint density at radius 1 is 1.00 bits per heavy atom. The summed E-state index contributed by atoms with van der Waals surface area (Å²) in [6.45, 7) is 0. The Labute approximate surface area is 97.9 Å². The van der Waals surface area contributed by atoms with Gasteiger partial charge in [-0.2, -0.15) is 0 Å². The van der Waals surface area contributed by atoms with E-state index < -0.39 is 0 Å². The molecule has 0 aliphatic carbocycles. The second-order valence-corrected chi connectivity index (χ2v) is 4.00. The number of nitrogens with one attached hydrogen (secondary N) is 1. The summed E-state index contributed by atoms with van der Waals surface area (Å²) >= 11 is 6.13. The summed E-state index contributed by atoms with van der Waals surface area (Å²) in [5, 5.41) is 1.83. The predicted molar refractivity (Wildman–Crippen MR) is 66.5 cm³/mol. The Bertz CT molecular complexity index is 643. The third-order valence-corrected chi connectivity index (χ3v) is 2.89. The summed E-state index contributed by atoms with van der Waals surface area (Å²) in [5.41, 5.74) is 2.73. The van der Waals surface area contributed by atoms with Crippen LogP contribution in [-0.4, -0.2) is 9.97 Å². The summed E-state index contributed by atoms with van der Waals surface area (Å²) in [6.07, 6.45) is 1.88. The van der Waals surface area contributed by atoms with Crippen LogP contribution in [0.4, 0.5) is 0 Å². The Hall–Kier alpha value is -1.80. The maximum absolute atomic E-state index is 6.13. The summed E-state index contributed by atoms with van der Waals surface area (Å²) in [5.74, 6) is 0. The molecule has 0 spiro atoms. The molecular formula is C13H9ClN2. The molecule has 0 fully saturated rings. The van der Waals surface area contributed by atoms with Crippen LogP contribution >= 0.6 is 11.6 Å². The van der Waals surface area contributed by atoms with Crippen molar-refractivity contribution in [2.45, 2.75) is 0 Å². The van der Waals surface area contributed by atoms with Crippen molar-refractivity contribution in [1.82, 2.24) is 9.97 Å². The van der Waals surface area contributed by atoms with Crippen LogP contribution in [0.3, 0.4) is 0 Å². The van der Waals surface area contributed by atoms with Gasteiger partial charge in [-0.15, -0.1) is 0 Å². The molecule has 0 radical (unpaired) electrons. The fourth-order valence-corrected chi connectivity index (χ4v) is 1.98. The number of benzene rings is 1. The fourth-order valence-electron chi connectivity index (χ4n) is 1.75. The Kier molecular flexibility index (Phi) is 2.15. The smallest absolute Gasteiger partial charge is 0.137 e. The predicted octanol–water partition coefficient (Wildman–Crippen LogP) is 3.88. The third-order valence-electron chi connectivity index (χ3n) is 2.56. The van der Waals surface area contributed by atoms with Crippen molar-refractivity contribution in [3.63, 3.8) is 0 Å². The van der Waals surface area contributed by atoms with Gasteiger partial charge in [0.15, 0.2) is 0 Å². The van der Waals surface area contributed by atoms with Gasteiger partial charge < -0.3 is 4.98 Å². The Morgan fingerprint density at radius 2 is 1.88 bits per heavy atom. The van der Waals surface area contributed by atoms with E-state index in [1.165, 1.54) is 0 Å². The normalized spacial score (nSPS) is 10.8. The number of nitrogens with zero attached hydrogens (tertiary/aromatic N) is 1. The molecule has 0 aliphatic rings. The molecule has 0 unspecified atom stereocenters. The van der Waals surface area contributed by atoms with Crippen molar-refractivity contribution in [1.29, 1.82) is 0 Å². The van der Waals surface area contributed by atoms with Crippen LogP contribution in [0, 0.1) is 0 Å². The number of pyridine rings is 1. The van der Waals surface area contributed by atoms with Gasteiger partial charge >= 0.3 is 0 Å². The minimum Gasteiger partial charge on any atom is -0.346 e. The van der Waals surface area contributed by atoms with Gasteiger partial charge in [-0.3, -0.25) is 0 Å². The summed E-state index contributed by atoms with van der Waals surface area (Å²) in [7, 11) is 0. The van der Waals surface area contributed by atoms with Crippen molar-refractivity contribution in [2.24, 2.45) is 0 Å². The van der Waals surface area contributed by atoms with E-state index >= 15 is 0 Å². The van der Waals surface area contributed by atoms with Crippen molar-refractivity contribution < 1.29 is 0 Å². The number of H-pyrrole nitrogens is 1. The van der Waals surface area contributed by atoms with E-state index in [2.05, 4.69) is 9.97 Å². The second-order valence-electron chi connectivity index (χ2n) is 3.59. The molecule has 1 aromatic carbocycles. The summed E-state index contributed by atoms with van der Waals surface area (Å²) in [4.78, 5) is 7.62. The van der Waals surface area contributed by atoms with E-state index in [-0.39, 0.29) is 0 Å².